The van der Waals surface area contributed by atoms with Gasteiger partial charge in [-0.3, -0.25) is 4.90 Å². The summed E-state index contributed by atoms with van der Waals surface area (Å²) in [6.45, 7) is 1.78. The van der Waals surface area contributed by atoms with Crippen LogP contribution in [0.25, 0.3) is 0 Å². The molecule has 1 unspecified atom stereocenters. The lowest BCUT2D eigenvalue weighted by molar-refractivity contribution is 0.0762. The van der Waals surface area contributed by atoms with Crippen LogP contribution in [0.1, 0.15) is 11.7 Å². The van der Waals surface area contributed by atoms with Crippen LogP contribution >= 0.6 is 0 Å². The number of nitrogens with zero attached hydrogens (tertiary/aromatic N) is 1. The molecule has 0 fully saturated rings. The number of hydrogen-bond acceptors (Lipinski definition) is 4. The maximum atomic E-state index is 13.5. The van der Waals surface area contributed by atoms with Crippen LogP contribution in [-0.4, -0.2) is 55.1 Å². The zero-order valence-electron chi connectivity index (χ0n) is 10.6. The summed E-state index contributed by atoms with van der Waals surface area (Å²) in [5, 5.41) is 18.9. The molecule has 102 valence electrons. The summed E-state index contributed by atoms with van der Waals surface area (Å²) in [6, 6.07) is 6.16. The Morgan fingerprint density at radius 1 is 1.33 bits per heavy atom. The molecule has 0 heterocycles. The van der Waals surface area contributed by atoms with E-state index >= 15 is 0 Å². The summed E-state index contributed by atoms with van der Waals surface area (Å²) in [5.41, 5.74) is 0.276. The number of aliphatic hydroxyl groups is 2. The molecule has 0 aliphatic carbocycles. The summed E-state index contributed by atoms with van der Waals surface area (Å²) in [7, 11) is 1.59. The van der Waals surface area contributed by atoms with Crippen LogP contribution < -0.4 is 0 Å². The molecule has 0 saturated heterocycles. The normalized spacial score (nSPS) is 12.9. The molecule has 2 N–H and O–H groups in total. The first-order valence-electron chi connectivity index (χ1n) is 5.93. The molecule has 0 saturated carbocycles. The zero-order valence-corrected chi connectivity index (χ0v) is 10.6. The van der Waals surface area contributed by atoms with Crippen molar-refractivity contribution in [2.24, 2.45) is 0 Å². The van der Waals surface area contributed by atoms with E-state index < -0.39 is 11.9 Å². The van der Waals surface area contributed by atoms with Gasteiger partial charge in [0.1, 0.15) is 5.82 Å². The van der Waals surface area contributed by atoms with Gasteiger partial charge in [-0.1, -0.05) is 18.2 Å². The fourth-order valence-electron chi connectivity index (χ4n) is 1.74. The average Bonchev–Trinajstić information content (AvgIpc) is 2.36. The van der Waals surface area contributed by atoms with E-state index in [0.717, 1.165) is 0 Å². The third-order valence-electron chi connectivity index (χ3n) is 2.72. The number of aliphatic hydroxyl groups excluding tert-OH is 2. The summed E-state index contributed by atoms with van der Waals surface area (Å²) in [4.78, 5) is 1.83. The van der Waals surface area contributed by atoms with Crippen molar-refractivity contribution in [3.63, 3.8) is 0 Å². The van der Waals surface area contributed by atoms with Crippen molar-refractivity contribution in [3.8, 4) is 0 Å². The standard InChI is InChI=1S/C13H20FNO3/c1-18-9-7-15(6-8-16)10-13(17)11-4-2-3-5-12(11)14/h2-5,13,16-17H,6-10H2,1H3. The molecule has 1 atom stereocenters. The van der Waals surface area contributed by atoms with Gasteiger partial charge in [-0.25, -0.2) is 4.39 Å². The van der Waals surface area contributed by atoms with Crippen LogP contribution in [0.2, 0.25) is 0 Å². The summed E-state index contributed by atoms with van der Waals surface area (Å²) in [6.07, 6.45) is -0.908. The minimum Gasteiger partial charge on any atom is -0.395 e. The summed E-state index contributed by atoms with van der Waals surface area (Å²) in [5.74, 6) is -0.416. The van der Waals surface area contributed by atoms with Crippen LogP contribution in [0.15, 0.2) is 24.3 Å². The molecule has 1 aromatic rings. The fourth-order valence-corrected chi connectivity index (χ4v) is 1.74. The number of rotatable bonds is 8. The molecule has 0 aromatic heterocycles. The molecule has 0 radical (unpaired) electrons. The largest absolute Gasteiger partial charge is 0.395 e. The van der Waals surface area contributed by atoms with Crippen molar-refractivity contribution in [2.45, 2.75) is 6.10 Å². The second kappa shape index (κ2) is 8.16. The molecular formula is C13H20FNO3. The maximum absolute atomic E-state index is 13.5. The molecule has 0 spiro atoms. The Morgan fingerprint density at radius 3 is 2.67 bits per heavy atom. The van der Waals surface area contributed by atoms with Crippen LogP contribution in [0, 0.1) is 5.82 Å². The van der Waals surface area contributed by atoms with Gasteiger partial charge in [0, 0.05) is 32.3 Å². The van der Waals surface area contributed by atoms with E-state index in [4.69, 9.17) is 9.84 Å². The van der Waals surface area contributed by atoms with Gasteiger partial charge < -0.3 is 14.9 Å². The number of benzene rings is 1. The first kappa shape index (κ1) is 15.0. The Balaban J connectivity index is 2.60. The minimum atomic E-state index is -0.908. The van der Waals surface area contributed by atoms with E-state index in [0.29, 0.717) is 19.7 Å². The molecule has 1 rings (SSSR count). The maximum Gasteiger partial charge on any atom is 0.129 e. The van der Waals surface area contributed by atoms with Gasteiger partial charge in [0.25, 0.3) is 0 Å². The van der Waals surface area contributed by atoms with Gasteiger partial charge >= 0.3 is 0 Å². The third kappa shape index (κ3) is 4.70. The molecule has 5 heteroatoms. The lowest BCUT2D eigenvalue weighted by Crippen LogP contribution is -2.34. The van der Waals surface area contributed by atoms with E-state index in [9.17, 15) is 9.50 Å². The van der Waals surface area contributed by atoms with Gasteiger partial charge in [0.05, 0.1) is 19.3 Å². The van der Waals surface area contributed by atoms with Crippen molar-refractivity contribution in [1.82, 2.24) is 4.90 Å². The number of halogens is 1. The van der Waals surface area contributed by atoms with Gasteiger partial charge in [-0.15, -0.1) is 0 Å². The summed E-state index contributed by atoms with van der Waals surface area (Å²) < 4.78 is 18.4. The average molecular weight is 257 g/mol. The van der Waals surface area contributed by atoms with Crippen molar-refractivity contribution in [2.75, 3.05) is 40.0 Å². The van der Waals surface area contributed by atoms with Crippen molar-refractivity contribution in [3.05, 3.63) is 35.6 Å². The summed E-state index contributed by atoms with van der Waals surface area (Å²) >= 11 is 0. The van der Waals surface area contributed by atoms with Crippen molar-refractivity contribution in [1.29, 1.82) is 0 Å². The van der Waals surface area contributed by atoms with E-state index in [2.05, 4.69) is 0 Å². The lowest BCUT2D eigenvalue weighted by Gasteiger charge is -2.24. The van der Waals surface area contributed by atoms with Crippen LogP contribution in [0.5, 0.6) is 0 Å². The fraction of sp³-hybridized carbons (Fsp3) is 0.538. The molecule has 0 amide bonds. The zero-order chi connectivity index (χ0) is 13.4. The van der Waals surface area contributed by atoms with Crippen molar-refractivity contribution < 1.29 is 19.3 Å². The number of ether oxygens (including phenoxy) is 1. The monoisotopic (exact) mass is 257 g/mol. The van der Waals surface area contributed by atoms with Crippen molar-refractivity contribution >= 4 is 0 Å². The lowest BCUT2D eigenvalue weighted by atomic mass is 10.1. The predicted molar refractivity (Wildman–Crippen MR) is 66.8 cm³/mol. The Labute approximate surface area is 107 Å². The second-order valence-corrected chi connectivity index (χ2v) is 4.05. The van der Waals surface area contributed by atoms with Gasteiger partial charge in [-0.2, -0.15) is 0 Å². The SMILES string of the molecule is COCCN(CCO)CC(O)c1ccccc1F. The van der Waals surface area contributed by atoms with Gasteiger partial charge in [0.2, 0.25) is 0 Å². The molecule has 0 aliphatic rings. The number of methoxy groups -OCH3 is 1. The topological polar surface area (TPSA) is 52.9 Å². The quantitative estimate of drug-likeness (QED) is 0.723. The van der Waals surface area contributed by atoms with Gasteiger partial charge in [-0.05, 0) is 6.07 Å². The van der Waals surface area contributed by atoms with E-state index in [1.54, 1.807) is 25.3 Å². The molecule has 0 aliphatic heterocycles. The van der Waals surface area contributed by atoms with Crippen LogP contribution in [0.3, 0.4) is 0 Å². The van der Waals surface area contributed by atoms with Crippen LogP contribution in [0.4, 0.5) is 4.39 Å². The van der Waals surface area contributed by atoms with Gasteiger partial charge in [0.15, 0.2) is 0 Å². The minimum absolute atomic E-state index is 0.00624. The van der Waals surface area contributed by atoms with E-state index in [1.165, 1.54) is 6.07 Å². The molecular weight excluding hydrogens is 237 g/mol. The Morgan fingerprint density at radius 2 is 2.06 bits per heavy atom. The Bertz CT molecular complexity index is 349. The molecule has 18 heavy (non-hydrogen) atoms. The highest BCUT2D eigenvalue weighted by atomic mass is 19.1. The highest BCUT2D eigenvalue weighted by molar-refractivity contribution is 5.20. The Kier molecular flexibility index (Phi) is 6.82. The molecule has 0 bridgehead atoms. The Hall–Kier alpha value is -1.01. The molecule has 4 nitrogen and oxygen atoms in total. The molecule has 1 aromatic carbocycles. The van der Waals surface area contributed by atoms with Crippen LogP contribution in [-0.2, 0) is 4.74 Å². The first-order valence-corrected chi connectivity index (χ1v) is 5.93. The highest BCUT2D eigenvalue weighted by Gasteiger charge is 2.16. The van der Waals surface area contributed by atoms with E-state index in [1.807, 2.05) is 4.90 Å². The number of hydrogen-bond donors (Lipinski definition) is 2. The third-order valence-corrected chi connectivity index (χ3v) is 2.72. The smallest absolute Gasteiger partial charge is 0.129 e. The first-order chi connectivity index (χ1) is 8.69. The second-order valence-electron chi connectivity index (χ2n) is 4.05. The highest BCUT2D eigenvalue weighted by Crippen LogP contribution is 2.17. The predicted octanol–water partition coefficient (Wildman–Crippen LogP) is 0.800. The van der Waals surface area contributed by atoms with E-state index in [-0.39, 0.29) is 18.7 Å².